The molecule has 2 aromatic carbocycles. The van der Waals surface area contributed by atoms with Crippen LogP contribution in [0.2, 0.25) is 0 Å². The summed E-state index contributed by atoms with van der Waals surface area (Å²) in [6.45, 7) is 2.18. The van der Waals surface area contributed by atoms with E-state index in [9.17, 15) is 13.9 Å². The number of aromatic amines is 1. The molecule has 7 heteroatoms. The Kier molecular flexibility index (Phi) is 5.49. The molecule has 1 saturated heterocycles. The van der Waals surface area contributed by atoms with Crippen LogP contribution in [-0.4, -0.2) is 40.4 Å². The van der Waals surface area contributed by atoms with Gasteiger partial charge in [-0.1, -0.05) is 12.1 Å². The fraction of sp³-hybridized carbons (Fsp3) is 0.318. The number of hydrogen-bond acceptors (Lipinski definition) is 4. The Hall–Kier alpha value is -2.93. The minimum Gasteiger partial charge on any atom is -0.507 e. The smallest absolute Gasteiger partial charge is 0.134 e. The first-order chi connectivity index (χ1) is 14.1. The van der Waals surface area contributed by atoms with Gasteiger partial charge in [0.15, 0.2) is 0 Å². The number of phenolic OH excluding ortho intramolecular Hbond substituents is 1. The number of methoxy groups -OCH3 is 1. The van der Waals surface area contributed by atoms with Gasteiger partial charge >= 0.3 is 0 Å². The number of H-pyrrole nitrogens is 1. The van der Waals surface area contributed by atoms with Gasteiger partial charge in [0.25, 0.3) is 0 Å². The molecular formula is C22H23F2N3O2. The van der Waals surface area contributed by atoms with E-state index in [2.05, 4.69) is 15.1 Å². The number of ether oxygens (including phenoxy) is 1. The lowest BCUT2D eigenvalue weighted by atomic mass is 9.90. The molecule has 152 valence electrons. The quantitative estimate of drug-likeness (QED) is 0.666. The zero-order chi connectivity index (χ0) is 20.4. The Balaban J connectivity index is 1.55. The van der Waals surface area contributed by atoms with E-state index in [1.165, 1.54) is 24.4 Å². The molecule has 5 nitrogen and oxygen atoms in total. The van der Waals surface area contributed by atoms with Crippen LogP contribution < -0.4 is 4.74 Å². The standard InChI is InChI=1S/C22H23F2N3O2/c1-29-16-8-7-14(20(28)10-16)12-27-9-3-4-15(13-27)22-17(11-25-26-22)21-18(23)5-2-6-19(21)24/h2,5-8,10-11,15,28H,3-4,9,12-13H2,1H3,(H,25,26)/t15-/m1/s1. The van der Waals surface area contributed by atoms with E-state index >= 15 is 0 Å². The predicted molar refractivity (Wildman–Crippen MR) is 106 cm³/mol. The highest BCUT2D eigenvalue weighted by atomic mass is 19.1. The molecule has 0 amide bonds. The molecule has 1 aromatic heterocycles. The van der Waals surface area contributed by atoms with Crippen molar-refractivity contribution < 1.29 is 18.6 Å². The van der Waals surface area contributed by atoms with Crippen molar-refractivity contribution >= 4 is 0 Å². The largest absolute Gasteiger partial charge is 0.507 e. The number of benzene rings is 2. The summed E-state index contributed by atoms with van der Waals surface area (Å²) in [5.74, 6) is -0.313. The fourth-order valence-electron chi connectivity index (χ4n) is 4.04. The van der Waals surface area contributed by atoms with Crippen LogP contribution >= 0.6 is 0 Å². The average molecular weight is 399 g/mol. The van der Waals surface area contributed by atoms with Gasteiger partial charge in [0.1, 0.15) is 23.1 Å². The third kappa shape index (κ3) is 3.96. The zero-order valence-corrected chi connectivity index (χ0v) is 16.2. The summed E-state index contributed by atoms with van der Waals surface area (Å²) in [6.07, 6.45) is 3.33. The number of phenols is 1. The lowest BCUT2D eigenvalue weighted by Gasteiger charge is -2.33. The topological polar surface area (TPSA) is 61.4 Å². The van der Waals surface area contributed by atoms with Gasteiger partial charge in [-0.3, -0.25) is 10.00 Å². The summed E-state index contributed by atoms with van der Waals surface area (Å²) < 4.78 is 33.7. The molecule has 0 unspecified atom stereocenters. The molecule has 29 heavy (non-hydrogen) atoms. The van der Waals surface area contributed by atoms with Gasteiger partial charge in [0.2, 0.25) is 0 Å². The van der Waals surface area contributed by atoms with Gasteiger partial charge in [0.05, 0.1) is 18.9 Å². The monoisotopic (exact) mass is 399 g/mol. The summed E-state index contributed by atoms with van der Waals surface area (Å²) in [7, 11) is 1.56. The molecule has 4 rings (SSSR count). The highest BCUT2D eigenvalue weighted by Gasteiger charge is 2.27. The number of aromatic nitrogens is 2. The first-order valence-electron chi connectivity index (χ1n) is 9.62. The Morgan fingerprint density at radius 3 is 2.76 bits per heavy atom. The molecule has 0 spiro atoms. The van der Waals surface area contributed by atoms with Crippen LogP contribution in [0.4, 0.5) is 8.78 Å². The van der Waals surface area contributed by atoms with Crippen LogP contribution in [0.3, 0.4) is 0 Å². The summed E-state index contributed by atoms with van der Waals surface area (Å²) in [4.78, 5) is 2.23. The molecule has 0 saturated carbocycles. The number of rotatable bonds is 5. The predicted octanol–water partition coefficient (Wildman–Crippen LogP) is 4.45. The summed E-state index contributed by atoms with van der Waals surface area (Å²) in [5, 5.41) is 17.3. The van der Waals surface area contributed by atoms with Crippen molar-refractivity contribution in [1.82, 2.24) is 15.1 Å². The number of nitrogens with zero attached hydrogens (tertiary/aromatic N) is 2. The second-order valence-corrected chi connectivity index (χ2v) is 7.36. The minimum absolute atomic E-state index is 0.0406. The normalized spacial score (nSPS) is 17.4. The Morgan fingerprint density at radius 1 is 1.24 bits per heavy atom. The second kappa shape index (κ2) is 8.21. The van der Waals surface area contributed by atoms with Gasteiger partial charge in [-0.15, -0.1) is 0 Å². The van der Waals surface area contributed by atoms with E-state index < -0.39 is 11.6 Å². The number of piperidine rings is 1. The van der Waals surface area contributed by atoms with Crippen molar-refractivity contribution in [3.05, 3.63) is 65.5 Å². The molecule has 1 aliphatic heterocycles. The van der Waals surface area contributed by atoms with Crippen LogP contribution in [0.25, 0.3) is 11.1 Å². The molecule has 0 aliphatic carbocycles. The summed E-state index contributed by atoms with van der Waals surface area (Å²) >= 11 is 0. The Labute approximate surface area is 167 Å². The van der Waals surface area contributed by atoms with Gasteiger partial charge < -0.3 is 9.84 Å². The maximum atomic E-state index is 14.3. The highest BCUT2D eigenvalue weighted by Crippen LogP contribution is 2.36. The van der Waals surface area contributed by atoms with Crippen molar-refractivity contribution in [2.75, 3.05) is 20.2 Å². The molecule has 0 radical (unpaired) electrons. The van der Waals surface area contributed by atoms with E-state index in [1.807, 2.05) is 12.1 Å². The number of aromatic hydroxyl groups is 1. The van der Waals surface area contributed by atoms with Crippen LogP contribution in [0.5, 0.6) is 11.5 Å². The Morgan fingerprint density at radius 2 is 2.03 bits per heavy atom. The fourth-order valence-corrected chi connectivity index (χ4v) is 4.04. The molecule has 2 heterocycles. The SMILES string of the molecule is COc1ccc(CN2CCC[C@@H](c3[nH]ncc3-c3c(F)cccc3F)C2)c(O)c1. The van der Waals surface area contributed by atoms with Gasteiger partial charge in [0, 0.05) is 41.9 Å². The highest BCUT2D eigenvalue weighted by molar-refractivity contribution is 5.67. The number of nitrogens with one attached hydrogen (secondary N) is 1. The molecule has 1 aliphatic rings. The summed E-state index contributed by atoms with van der Waals surface area (Å²) in [6, 6.07) is 9.16. The van der Waals surface area contributed by atoms with Crippen LogP contribution in [-0.2, 0) is 6.54 Å². The first kappa shape index (κ1) is 19.4. The Bertz CT molecular complexity index is 985. The molecule has 3 aromatic rings. The van der Waals surface area contributed by atoms with E-state index in [1.54, 1.807) is 13.2 Å². The van der Waals surface area contributed by atoms with Gasteiger partial charge in [-0.05, 0) is 37.6 Å². The third-order valence-electron chi connectivity index (χ3n) is 5.50. The molecule has 0 bridgehead atoms. The van der Waals surface area contributed by atoms with Crippen LogP contribution in [0.1, 0.15) is 30.0 Å². The van der Waals surface area contributed by atoms with Crippen molar-refractivity contribution in [2.45, 2.75) is 25.3 Å². The number of hydrogen-bond donors (Lipinski definition) is 2. The maximum absolute atomic E-state index is 14.3. The number of halogens is 2. The van der Waals surface area contributed by atoms with Crippen molar-refractivity contribution in [2.24, 2.45) is 0 Å². The first-order valence-corrected chi connectivity index (χ1v) is 9.62. The van der Waals surface area contributed by atoms with Gasteiger partial charge in [-0.25, -0.2) is 8.78 Å². The van der Waals surface area contributed by atoms with E-state index in [4.69, 9.17) is 4.74 Å². The van der Waals surface area contributed by atoms with E-state index in [0.29, 0.717) is 24.4 Å². The second-order valence-electron chi connectivity index (χ2n) is 7.36. The molecular weight excluding hydrogens is 376 g/mol. The third-order valence-corrected chi connectivity index (χ3v) is 5.50. The van der Waals surface area contributed by atoms with Crippen LogP contribution in [0, 0.1) is 11.6 Å². The van der Waals surface area contributed by atoms with Crippen molar-refractivity contribution in [3.63, 3.8) is 0 Å². The van der Waals surface area contributed by atoms with Gasteiger partial charge in [-0.2, -0.15) is 5.10 Å². The molecule has 2 N–H and O–H groups in total. The summed E-state index contributed by atoms with van der Waals surface area (Å²) in [5.41, 5.74) is 2.00. The van der Waals surface area contributed by atoms with E-state index in [0.717, 1.165) is 30.6 Å². The van der Waals surface area contributed by atoms with Crippen molar-refractivity contribution in [1.29, 1.82) is 0 Å². The zero-order valence-electron chi connectivity index (χ0n) is 16.2. The molecule has 1 fully saturated rings. The number of likely N-dealkylation sites (tertiary alicyclic amines) is 1. The van der Waals surface area contributed by atoms with E-state index in [-0.39, 0.29) is 17.2 Å². The van der Waals surface area contributed by atoms with Crippen LogP contribution in [0.15, 0.2) is 42.6 Å². The molecule has 1 atom stereocenters. The van der Waals surface area contributed by atoms with Crippen molar-refractivity contribution in [3.8, 4) is 22.6 Å². The lowest BCUT2D eigenvalue weighted by Crippen LogP contribution is -2.34. The maximum Gasteiger partial charge on any atom is 0.134 e. The minimum atomic E-state index is -0.594. The lowest BCUT2D eigenvalue weighted by molar-refractivity contribution is 0.196. The average Bonchev–Trinajstić information content (AvgIpc) is 3.19.